The van der Waals surface area contributed by atoms with Gasteiger partial charge >= 0.3 is 0 Å². The van der Waals surface area contributed by atoms with E-state index in [0.29, 0.717) is 0 Å². The molecule has 6 N–H and O–H groups in total. The van der Waals surface area contributed by atoms with Crippen molar-refractivity contribution in [2.24, 2.45) is 5.73 Å². The summed E-state index contributed by atoms with van der Waals surface area (Å²) in [4.78, 5) is 21.1. The molecule has 1 aliphatic heterocycles. The van der Waals surface area contributed by atoms with Crippen molar-refractivity contribution in [3.05, 3.63) is 0 Å². The lowest BCUT2D eigenvalue weighted by Gasteiger charge is -2.44. The molecule has 11 nitrogen and oxygen atoms in total. The van der Waals surface area contributed by atoms with Gasteiger partial charge in [0.05, 0.1) is 21.0 Å². The molecule has 126 valence electrons. The second-order valence-electron chi connectivity index (χ2n) is 4.42. The van der Waals surface area contributed by atoms with E-state index in [2.05, 4.69) is 4.52 Å². The average molecular weight is 331 g/mol. The Hall–Kier alpha value is -0.170. The van der Waals surface area contributed by atoms with Gasteiger partial charge in [0.2, 0.25) is 0 Å². The lowest BCUT2D eigenvalue weighted by atomic mass is 9.96. The summed E-state index contributed by atoms with van der Waals surface area (Å²) in [6.45, 7) is -0.0361. The standard InChI is InChI=1S/C9H20NO10P/c10-1-2-18-3-4(11)8-6(13)5(12)7(14)9(19-8)20-21(15,16)17/h4-9,11-14H,1-3,10H2,(H2,15,16,17)/p-2/t4-,5?,6+,7?,8?,9+/m1/s1. The average Bonchev–Trinajstić information content (AvgIpc) is 2.38. The van der Waals surface area contributed by atoms with Gasteiger partial charge in [0, 0.05) is 6.54 Å². The van der Waals surface area contributed by atoms with Gasteiger partial charge in [-0.1, -0.05) is 0 Å². The van der Waals surface area contributed by atoms with Crippen LogP contribution in [0, 0.1) is 0 Å². The lowest BCUT2D eigenvalue weighted by Crippen LogP contribution is -2.61. The Labute approximate surface area is 120 Å². The Morgan fingerprint density at radius 2 is 1.86 bits per heavy atom. The molecule has 0 aliphatic carbocycles. The summed E-state index contributed by atoms with van der Waals surface area (Å²) >= 11 is 0. The zero-order chi connectivity index (χ0) is 16.2. The summed E-state index contributed by atoms with van der Waals surface area (Å²) in [6, 6.07) is 0. The van der Waals surface area contributed by atoms with Crippen LogP contribution in [0.2, 0.25) is 0 Å². The highest BCUT2D eigenvalue weighted by Gasteiger charge is 2.47. The van der Waals surface area contributed by atoms with Crippen molar-refractivity contribution in [3.63, 3.8) is 0 Å². The van der Waals surface area contributed by atoms with E-state index in [-0.39, 0.29) is 19.8 Å². The summed E-state index contributed by atoms with van der Waals surface area (Å²) < 4.78 is 24.2. The van der Waals surface area contributed by atoms with Crippen molar-refractivity contribution in [3.8, 4) is 0 Å². The van der Waals surface area contributed by atoms with Crippen LogP contribution in [0.5, 0.6) is 0 Å². The Morgan fingerprint density at radius 1 is 1.24 bits per heavy atom. The van der Waals surface area contributed by atoms with Gasteiger partial charge in [-0.2, -0.15) is 0 Å². The highest BCUT2D eigenvalue weighted by Crippen LogP contribution is 2.34. The number of aliphatic hydroxyl groups excluding tert-OH is 4. The smallest absolute Gasteiger partial charge is 0.191 e. The monoisotopic (exact) mass is 331 g/mol. The van der Waals surface area contributed by atoms with Crippen LogP contribution in [0.1, 0.15) is 0 Å². The Kier molecular flexibility index (Phi) is 7.10. The molecule has 0 aromatic rings. The van der Waals surface area contributed by atoms with Crippen molar-refractivity contribution in [1.29, 1.82) is 0 Å². The third-order valence-electron chi connectivity index (χ3n) is 2.77. The van der Waals surface area contributed by atoms with Crippen LogP contribution < -0.4 is 15.5 Å². The van der Waals surface area contributed by atoms with Gasteiger partial charge in [-0.25, -0.2) is 0 Å². The number of ether oxygens (including phenoxy) is 2. The Morgan fingerprint density at radius 3 is 2.38 bits per heavy atom. The van der Waals surface area contributed by atoms with E-state index in [4.69, 9.17) is 15.2 Å². The molecule has 0 bridgehead atoms. The molecule has 6 atom stereocenters. The highest BCUT2D eigenvalue weighted by molar-refractivity contribution is 7.43. The van der Waals surface area contributed by atoms with Crippen LogP contribution in [-0.2, 0) is 18.6 Å². The molecule has 1 saturated heterocycles. The molecule has 3 unspecified atom stereocenters. The minimum atomic E-state index is -5.51. The first-order valence-electron chi connectivity index (χ1n) is 6.03. The predicted octanol–water partition coefficient (Wildman–Crippen LogP) is -5.02. The van der Waals surface area contributed by atoms with E-state index in [0.717, 1.165) is 0 Å². The minimum absolute atomic E-state index is 0.112. The number of aliphatic hydroxyl groups is 4. The van der Waals surface area contributed by atoms with E-state index in [1.54, 1.807) is 0 Å². The first-order valence-corrected chi connectivity index (χ1v) is 7.49. The van der Waals surface area contributed by atoms with Crippen molar-refractivity contribution < 1.29 is 48.8 Å². The van der Waals surface area contributed by atoms with E-state index in [1.807, 2.05) is 0 Å². The number of hydrogen-bond donors (Lipinski definition) is 5. The van der Waals surface area contributed by atoms with E-state index >= 15 is 0 Å². The zero-order valence-electron chi connectivity index (χ0n) is 10.8. The molecule has 0 amide bonds. The van der Waals surface area contributed by atoms with E-state index in [9.17, 15) is 34.8 Å². The van der Waals surface area contributed by atoms with Crippen molar-refractivity contribution in [2.75, 3.05) is 19.8 Å². The van der Waals surface area contributed by atoms with Crippen LogP contribution in [0.15, 0.2) is 0 Å². The molecule has 21 heavy (non-hydrogen) atoms. The minimum Gasteiger partial charge on any atom is -0.790 e. The predicted molar refractivity (Wildman–Crippen MR) is 61.3 cm³/mol. The van der Waals surface area contributed by atoms with Gasteiger partial charge in [-0.3, -0.25) is 0 Å². The Balaban J connectivity index is 2.72. The number of phosphoric ester groups is 1. The molecular formula is C9H18NO10P-2. The molecule has 0 aromatic heterocycles. The normalized spacial score (nSPS) is 35.7. The molecule has 1 rings (SSSR count). The molecule has 1 heterocycles. The number of nitrogens with two attached hydrogens (primary N) is 1. The number of hydrogen-bond acceptors (Lipinski definition) is 11. The third-order valence-corrected chi connectivity index (χ3v) is 3.24. The summed E-state index contributed by atoms with van der Waals surface area (Å²) in [5, 5.41) is 38.5. The molecule has 1 fully saturated rings. The maximum absolute atomic E-state index is 10.5. The lowest BCUT2D eigenvalue weighted by molar-refractivity contribution is -0.371. The maximum Gasteiger partial charge on any atom is 0.191 e. The molecule has 12 heteroatoms. The van der Waals surface area contributed by atoms with Crippen molar-refractivity contribution in [2.45, 2.75) is 36.8 Å². The fourth-order valence-corrected chi connectivity index (χ4v) is 2.22. The summed E-state index contributed by atoms with van der Waals surface area (Å²) in [5.41, 5.74) is 5.17. The largest absolute Gasteiger partial charge is 0.790 e. The molecule has 0 spiro atoms. The molecule has 0 saturated carbocycles. The SMILES string of the molecule is NCCOC[C@@H](O)C1O[C@@H](OP(=O)([O-])[O-])C(O)C(O)[C@@H]1O. The molecule has 1 aliphatic rings. The van der Waals surface area contributed by atoms with Gasteiger partial charge in [0.25, 0.3) is 0 Å². The van der Waals surface area contributed by atoms with Crippen LogP contribution in [0.4, 0.5) is 0 Å². The van der Waals surface area contributed by atoms with Gasteiger partial charge in [-0.15, -0.1) is 0 Å². The quantitative estimate of drug-likeness (QED) is 0.221. The highest BCUT2D eigenvalue weighted by atomic mass is 31.2. The Bertz CT molecular complexity index is 364. The van der Waals surface area contributed by atoms with Crippen LogP contribution in [0.3, 0.4) is 0 Å². The van der Waals surface area contributed by atoms with Gasteiger partial charge in [0.1, 0.15) is 30.5 Å². The fourth-order valence-electron chi connectivity index (χ4n) is 1.79. The number of rotatable bonds is 7. The molecular weight excluding hydrogens is 313 g/mol. The second-order valence-corrected chi connectivity index (χ2v) is 5.53. The third kappa shape index (κ3) is 5.51. The van der Waals surface area contributed by atoms with Gasteiger partial charge in [-0.05, 0) is 0 Å². The second kappa shape index (κ2) is 7.90. The fraction of sp³-hybridized carbons (Fsp3) is 1.00. The van der Waals surface area contributed by atoms with Crippen molar-refractivity contribution >= 4 is 7.82 Å². The first kappa shape index (κ1) is 18.9. The zero-order valence-corrected chi connectivity index (χ0v) is 11.7. The summed E-state index contributed by atoms with van der Waals surface area (Å²) in [6.07, 6.45) is -10.7. The summed E-state index contributed by atoms with van der Waals surface area (Å²) in [7, 11) is -5.51. The van der Waals surface area contributed by atoms with E-state index in [1.165, 1.54) is 0 Å². The van der Waals surface area contributed by atoms with Gasteiger partial charge in [0.15, 0.2) is 6.29 Å². The molecule has 0 aromatic carbocycles. The number of phosphoric acid groups is 1. The van der Waals surface area contributed by atoms with Crippen LogP contribution >= 0.6 is 7.82 Å². The van der Waals surface area contributed by atoms with Crippen LogP contribution in [-0.4, -0.2) is 77.0 Å². The first-order chi connectivity index (χ1) is 9.67. The topological polar surface area (TPSA) is 198 Å². The van der Waals surface area contributed by atoms with Crippen LogP contribution in [0.25, 0.3) is 0 Å². The van der Waals surface area contributed by atoms with Gasteiger partial charge < -0.3 is 54.5 Å². The maximum atomic E-state index is 10.5. The summed E-state index contributed by atoms with van der Waals surface area (Å²) in [5.74, 6) is 0. The van der Waals surface area contributed by atoms with Crippen molar-refractivity contribution in [1.82, 2.24) is 0 Å². The molecule has 0 radical (unpaired) electrons. The van der Waals surface area contributed by atoms with E-state index < -0.39 is 44.6 Å².